The van der Waals surface area contributed by atoms with Crippen LogP contribution in [0.5, 0.6) is 11.5 Å². The van der Waals surface area contributed by atoms with Crippen LogP contribution in [0.3, 0.4) is 0 Å². The molecule has 0 saturated heterocycles. The van der Waals surface area contributed by atoms with Crippen LogP contribution in [0.4, 0.5) is 15.9 Å². The zero-order valence-electron chi connectivity index (χ0n) is 13.4. The molecule has 0 spiro atoms. The minimum atomic E-state index is -0.541. The number of rotatable bonds is 5. The average Bonchev–Trinajstić information content (AvgIpc) is 2.60. The van der Waals surface area contributed by atoms with Crippen molar-refractivity contribution in [3.8, 4) is 11.5 Å². The van der Waals surface area contributed by atoms with Gasteiger partial charge in [0, 0.05) is 17.3 Å². The van der Waals surface area contributed by atoms with Crippen molar-refractivity contribution in [2.45, 2.75) is 6.42 Å². The van der Waals surface area contributed by atoms with E-state index in [0.717, 1.165) is 0 Å². The Kier molecular flexibility index (Phi) is 4.72. The monoisotopic (exact) mass is 359 g/mol. The number of fused-ring (bicyclic) bond motifs is 1. The van der Waals surface area contributed by atoms with Crippen molar-refractivity contribution in [3.63, 3.8) is 0 Å². The number of phenols is 1. The molecule has 128 valence electrons. The number of aromatic nitrogens is 2. The van der Waals surface area contributed by atoms with Gasteiger partial charge in [-0.25, -0.2) is 14.4 Å². The first-order valence-electron chi connectivity index (χ1n) is 7.41. The first-order chi connectivity index (χ1) is 12.0. The second-order valence-electron chi connectivity index (χ2n) is 5.27. The first-order valence-corrected chi connectivity index (χ1v) is 7.79. The van der Waals surface area contributed by atoms with Crippen LogP contribution < -0.4 is 10.1 Å². The Balaban J connectivity index is 2.19. The van der Waals surface area contributed by atoms with Gasteiger partial charge in [0.1, 0.15) is 18.0 Å². The lowest BCUT2D eigenvalue weighted by Crippen LogP contribution is -2.00. The summed E-state index contributed by atoms with van der Waals surface area (Å²) in [4.78, 5) is 8.47. The van der Waals surface area contributed by atoms with Crippen LogP contribution >= 0.6 is 11.6 Å². The van der Waals surface area contributed by atoms with Gasteiger partial charge in [0.2, 0.25) is 0 Å². The first kappa shape index (κ1) is 17.0. The highest BCUT2D eigenvalue weighted by Crippen LogP contribution is 2.39. The molecule has 3 aromatic rings. The summed E-state index contributed by atoms with van der Waals surface area (Å²) in [5.41, 5.74) is 1.63. The number of ether oxygens (including phenoxy) is 1. The van der Waals surface area contributed by atoms with E-state index in [4.69, 9.17) is 16.3 Å². The zero-order valence-corrected chi connectivity index (χ0v) is 14.1. The van der Waals surface area contributed by atoms with Gasteiger partial charge < -0.3 is 15.2 Å². The maximum absolute atomic E-state index is 13.7. The van der Waals surface area contributed by atoms with Crippen molar-refractivity contribution in [2.24, 2.45) is 0 Å². The molecule has 7 heteroatoms. The predicted molar refractivity (Wildman–Crippen MR) is 96.3 cm³/mol. The van der Waals surface area contributed by atoms with Gasteiger partial charge in [0.15, 0.2) is 11.5 Å². The van der Waals surface area contributed by atoms with Crippen molar-refractivity contribution in [1.82, 2.24) is 9.97 Å². The third-order valence-electron chi connectivity index (χ3n) is 3.72. The highest BCUT2D eigenvalue weighted by molar-refractivity contribution is 6.30. The van der Waals surface area contributed by atoms with E-state index in [-0.39, 0.29) is 10.8 Å². The highest BCUT2D eigenvalue weighted by atomic mass is 35.5. The smallest absolute Gasteiger partial charge is 0.162 e. The number of hydrogen-bond acceptors (Lipinski definition) is 5. The van der Waals surface area contributed by atoms with E-state index < -0.39 is 5.82 Å². The fourth-order valence-electron chi connectivity index (χ4n) is 2.57. The van der Waals surface area contributed by atoms with Gasteiger partial charge in [-0.05, 0) is 24.6 Å². The van der Waals surface area contributed by atoms with Crippen molar-refractivity contribution in [2.75, 3.05) is 12.4 Å². The largest absolute Gasteiger partial charge is 0.504 e. The molecule has 1 heterocycles. The van der Waals surface area contributed by atoms with Gasteiger partial charge in [-0.3, -0.25) is 0 Å². The summed E-state index contributed by atoms with van der Waals surface area (Å²) < 4.78 is 18.9. The summed E-state index contributed by atoms with van der Waals surface area (Å²) >= 11 is 5.71. The number of nitrogens with zero attached hydrogens (tertiary/aromatic N) is 2. The topological polar surface area (TPSA) is 67.3 Å². The van der Waals surface area contributed by atoms with Gasteiger partial charge >= 0.3 is 0 Å². The summed E-state index contributed by atoms with van der Waals surface area (Å²) in [6.07, 6.45) is 3.42. The van der Waals surface area contributed by atoms with Crippen LogP contribution in [0.2, 0.25) is 5.02 Å². The Morgan fingerprint density at radius 2 is 2.16 bits per heavy atom. The summed E-state index contributed by atoms with van der Waals surface area (Å²) in [5.74, 6) is 0.198. The molecule has 0 bridgehead atoms. The molecule has 0 unspecified atom stereocenters. The SMILES string of the molecule is C=CCc1c(O)c(OC)cc2ncnc(Nc3ccc(Cl)c(F)c3)c12. The van der Waals surface area contributed by atoms with E-state index in [2.05, 4.69) is 21.9 Å². The molecule has 0 aliphatic carbocycles. The van der Waals surface area contributed by atoms with Crippen LogP contribution in [0, 0.1) is 5.82 Å². The molecular weight excluding hydrogens is 345 g/mol. The lowest BCUT2D eigenvalue weighted by molar-refractivity contribution is 0.372. The summed E-state index contributed by atoms with van der Waals surface area (Å²) in [7, 11) is 1.47. The molecular formula is C18H15ClFN3O2. The predicted octanol–water partition coefficient (Wildman–Crippen LogP) is 4.61. The van der Waals surface area contributed by atoms with Crippen LogP contribution in [-0.2, 0) is 6.42 Å². The number of anilines is 2. The summed E-state index contributed by atoms with van der Waals surface area (Å²) in [6.45, 7) is 3.72. The van der Waals surface area contributed by atoms with Gasteiger partial charge in [-0.1, -0.05) is 17.7 Å². The van der Waals surface area contributed by atoms with Gasteiger partial charge in [0.05, 0.1) is 23.0 Å². The Bertz CT molecular complexity index is 963. The van der Waals surface area contributed by atoms with Crippen molar-refractivity contribution >= 4 is 34.0 Å². The second-order valence-corrected chi connectivity index (χ2v) is 5.68. The number of allylic oxidation sites excluding steroid dienone is 1. The lowest BCUT2D eigenvalue weighted by atomic mass is 10.0. The molecule has 5 nitrogen and oxygen atoms in total. The normalized spacial score (nSPS) is 10.7. The van der Waals surface area contributed by atoms with Crippen LogP contribution in [0.1, 0.15) is 5.56 Å². The van der Waals surface area contributed by atoms with Crippen molar-refractivity contribution in [1.29, 1.82) is 0 Å². The number of phenolic OH excluding ortho intramolecular Hbond substituents is 1. The van der Waals surface area contributed by atoms with E-state index in [1.54, 1.807) is 18.2 Å². The number of aromatic hydroxyl groups is 1. The average molecular weight is 360 g/mol. The molecule has 0 saturated carbocycles. The molecule has 2 N–H and O–H groups in total. The summed E-state index contributed by atoms with van der Waals surface area (Å²) in [6, 6.07) is 5.98. The number of hydrogen-bond donors (Lipinski definition) is 2. The molecule has 3 rings (SSSR count). The van der Waals surface area contributed by atoms with Gasteiger partial charge in [-0.2, -0.15) is 0 Å². The summed E-state index contributed by atoms with van der Waals surface area (Å²) in [5, 5.41) is 14.1. The molecule has 0 atom stereocenters. The number of nitrogens with one attached hydrogen (secondary N) is 1. The number of halogens is 2. The van der Waals surface area contributed by atoms with E-state index in [9.17, 15) is 9.50 Å². The van der Waals surface area contributed by atoms with Gasteiger partial charge in [-0.15, -0.1) is 6.58 Å². The highest BCUT2D eigenvalue weighted by Gasteiger charge is 2.17. The Morgan fingerprint density at radius 1 is 1.36 bits per heavy atom. The van der Waals surface area contributed by atoms with Crippen molar-refractivity contribution in [3.05, 3.63) is 59.7 Å². The third kappa shape index (κ3) is 3.21. The quantitative estimate of drug-likeness (QED) is 0.651. The fourth-order valence-corrected chi connectivity index (χ4v) is 2.69. The molecule has 0 amide bonds. The molecule has 2 aromatic carbocycles. The molecule has 0 aliphatic rings. The van der Waals surface area contributed by atoms with E-state index in [1.807, 2.05) is 0 Å². The molecule has 0 fully saturated rings. The lowest BCUT2D eigenvalue weighted by Gasteiger charge is -2.15. The minimum absolute atomic E-state index is 0.00460. The van der Waals surface area contributed by atoms with Crippen LogP contribution in [0.25, 0.3) is 10.9 Å². The van der Waals surface area contributed by atoms with E-state index >= 15 is 0 Å². The number of benzene rings is 2. The number of methoxy groups -OCH3 is 1. The Hall–Kier alpha value is -2.86. The minimum Gasteiger partial charge on any atom is -0.504 e. The third-order valence-corrected chi connectivity index (χ3v) is 4.02. The fraction of sp³-hybridized carbons (Fsp3) is 0.111. The second kappa shape index (κ2) is 6.94. The van der Waals surface area contributed by atoms with E-state index in [0.29, 0.717) is 40.1 Å². The maximum Gasteiger partial charge on any atom is 0.162 e. The molecule has 0 aliphatic heterocycles. The van der Waals surface area contributed by atoms with E-state index in [1.165, 1.54) is 25.6 Å². The van der Waals surface area contributed by atoms with Crippen LogP contribution in [0.15, 0.2) is 43.2 Å². The molecule has 0 radical (unpaired) electrons. The van der Waals surface area contributed by atoms with Gasteiger partial charge in [0.25, 0.3) is 0 Å². The standard InChI is InChI=1S/C18H15ClFN3O2/c1-3-4-11-16-14(8-15(25-2)17(11)24)21-9-22-18(16)23-10-5-6-12(19)13(20)7-10/h3,5-9,24H,1,4H2,2H3,(H,21,22,23). The van der Waals surface area contributed by atoms with Crippen LogP contribution in [-0.4, -0.2) is 22.2 Å². The molecule has 25 heavy (non-hydrogen) atoms. The zero-order chi connectivity index (χ0) is 18.0. The van der Waals surface area contributed by atoms with Crippen molar-refractivity contribution < 1.29 is 14.2 Å². The maximum atomic E-state index is 13.7. The Morgan fingerprint density at radius 3 is 2.84 bits per heavy atom. The molecule has 1 aromatic heterocycles. The Labute approximate surface area is 148 Å².